The van der Waals surface area contributed by atoms with Gasteiger partial charge in [-0.25, -0.2) is 0 Å². The van der Waals surface area contributed by atoms with Crippen molar-refractivity contribution in [3.8, 4) is 0 Å². The average Bonchev–Trinajstić information content (AvgIpc) is 2.49. The highest BCUT2D eigenvalue weighted by Gasteiger charge is 2.20. The van der Waals surface area contributed by atoms with Crippen molar-refractivity contribution < 1.29 is 14.3 Å². The molecule has 1 saturated heterocycles. The fourth-order valence-corrected chi connectivity index (χ4v) is 1.35. The van der Waals surface area contributed by atoms with E-state index in [0.717, 1.165) is 13.0 Å². The van der Waals surface area contributed by atoms with Crippen molar-refractivity contribution in [2.24, 2.45) is 11.7 Å². The third-order valence-electron chi connectivity index (χ3n) is 2.10. The van der Waals surface area contributed by atoms with Crippen molar-refractivity contribution in [3.05, 3.63) is 0 Å². The van der Waals surface area contributed by atoms with Crippen LogP contribution in [0.2, 0.25) is 0 Å². The summed E-state index contributed by atoms with van der Waals surface area (Å²) in [5.41, 5.74) is 5.21. The maximum atomic E-state index is 11.3. The maximum absolute atomic E-state index is 11.3. The molecular weight excluding hydrogens is 182 g/mol. The Labute approximate surface area is 84.7 Å². The van der Waals surface area contributed by atoms with Gasteiger partial charge in [-0.05, 0) is 20.3 Å². The zero-order chi connectivity index (χ0) is 10.6. The minimum absolute atomic E-state index is 0.218. The third kappa shape index (κ3) is 4.58. The van der Waals surface area contributed by atoms with Gasteiger partial charge < -0.3 is 15.2 Å². The second-order valence-electron chi connectivity index (χ2n) is 4.58. The van der Waals surface area contributed by atoms with Crippen LogP contribution in [0.4, 0.5) is 0 Å². The molecule has 1 fully saturated rings. The molecule has 2 N–H and O–H groups in total. The van der Waals surface area contributed by atoms with E-state index in [9.17, 15) is 4.79 Å². The molecule has 1 atom stereocenters. The molecule has 0 radical (unpaired) electrons. The molecule has 0 saturated carbocycles. The zero-order valence-corrected chi connectivity index (χ0v) is 8.91. The van der Waals surface area contributed by atoms with Gasteiger partial charge in [0.15, 0.2) is 0 Å². The molecule has 0 aromatic heterocycles. The molecule has 1 unspecified atom stereocenters. The molecule has 0 bridgehead atoms. The standard InChI is InChI=1S/C10H19NO3/c1-10(2,11)5-9(12)14-7-8-3-4-13-6-8/h8H,3-7,11H2,1-2H3. The van der Waals surface area contributed by atoms with E-state index in [1.54, 1.807) is 0 Å². The monoisotopic (exact) mass is 201 g/mol. The SMILES string of the molecule is CC(C)(N)CC(=O)OCC1CCOC1. The van der Waals surface area contributed by atoms with Crippen LogP contribution in [-0.2, 0) is 14.3 Å². The van der Waals surface area contributed by atoms with E-state index < -0.39 is 5.54 Å². The Bertz CT molecular complexity index is 192. The Hall–Kier alpha value is -0.610. The molecular formula is C10H19NO3. The predicted molar refractivity (Wildman–Crippen MR) is 52.8 cm³/mol. The summed E-state index contributed by atoms with van der Waals surface area (Å²) >= 11 is 0. The van der Waals surface area contributed by atoms with E-state index in [4.69, 9.17) is 15.2 Å². The number of hydrogen-bond acceptors (Lipinski definition) is 4. The molecule has 0 aliphatic carbocycles. The second kappa shape index (κ2) is 4.75. The van der Waals surface area contributed by atoms with Crippen molar-refractivity contribution in [3.63, 3.8) is 0 Å². The molecule has 82 valence electrons. The maximum Gasteiger partial charge on any atom is 0.307 e. The van der Waals surface area contributed by atoms with E-state index in [0.29, 0.717) is 19.1 Å². The number of esters is 1. The Kier molecular flexibility index (Phi) is 3.89. The Morgan fingerprint density at radius 3 is 2.86 bits per heavy atom. The molecule has 1 aliphatic rings. The number of ether oxygens (including phenoxy) is 2. The van der Waals surface area contributed by atoms with Crippen LogP contribution in [-0.4, -0.2) is 31.3 Å². The lowest BCUT2D eigenvalue weighted by molar-refractivity contribution is -0.146. The van der Waals surface area contributed by atoms with Crippen molar-refractivity contribution in [1.82, 2.24) is 0 Å². The topological polar surface area (TPSA) is 61.6 Å². The van der Waals surface area contributed by atoms with Gasteiger partial charge in [-0.2, -0.15) is 0 Å². The van der Waals surface area contributed by atoms with Gasteiger partial charge in [0.05, 0.1) is 19.6 Å². The van der Waals surface area contributed by atoms with Crippen LogP contribution in [0.25, 0.3) is 0 Å². The molecule has 1 aliphatic heterocycles. The fourth-order valence-electron chi connectivity index (χ4n) is 1.35. The van der Waals surface area contributed by atoms with Gasteiger partial charge in [0, 0.05) is 18.1 Å². The Morgan fingerprint density at radius 2 is 2.36 bits per heavy atom. The molecule has 0 spiro atoms. The molecule has 4 nitrogen and oxygen atoms in total. The van der Waals surface area contributed by atoms with Crippen molar-refractivity contribution >= 4 is 5.97 Å². The number of rotatable bonds is 4. The largest absolute Gasteiger partial charge is 0.465 e. The van der Waals surface area contributed by atoms with Crippen LogP contribution < -0.4 is 5.73 Å². The van der Waals surface area contributed by atoms with Gasteiger partial charge in [-0.15, -0.1) is 0 Å². The van der Waals surface area contributed by atoms with Crippen LogP contribution in [0.15, 0.2) is 0 Å². The van der Waals surface area contributed by atoms with E-state index in [1.807, 2.05) is 13.8 Å². The van der Waals surface area contributed by atoms with Crippen LogP contribution in [0.5, 0.6) is 0 Å². The van der Waals surface area contributed by atoms with Gasteiger partial charge in [-0.1, -0.05) is 0 Å². The van der Waals surface area contributed by atoms with E-state index >= 15 is 0 Å². The first-order valence-corrected chi connectivity index (χ1v) is 4.99. The molecule has 0 aromatic carbocycles. The van der Waals surface area contributed by atoms with E-state index in [-0.39, 0.29) is 12.4 Å². The lowest BCUT2D eigenvalue weighted by Crippen LogP contribution is -2.35. The van der Waals surface area contributed by atoms with Crippen molar-refractivity contribution in [1.29, 1.82) is 0 Å². The molecule has 1 rings (SSSR count). The number of nitrogens with two attached hydrogens (primary N) is 1. The first-order chi connectivity index (χ1) is 6.47. The lowest BCUT2D eigenvalue weighted by Gasteiger charge is -2.17. The zero-order valence-electron chi connectivity index (χ0n) is 8.91. The van der Waals surface area contributed by atoms with Gasteiger partial charge in [0.1, 0.15) is 0 Å². The molecule has 4 heteroatoms. The molecule has 1 heterocycles. The summed E-state index contributed by atoms with van der Waals surface area (Å²) < 4.78 is 10.3. The summed E-state index contributed by atoms with van der Waals surface area (Å²) in [7, 11) is 0. The first-order valence-electron chi connectivity index (χ1n) is 4.99. The van der Waals surface area contributed by atoms with E-state index in [2.05, 4.69) is 0 Å². The summed E-state index contributed by atoms with van der Waals surface area (Å²) in [4.78, 5) is 11.3. The second-order valence-corrected chi connectivity index (χ2v) is 4.58. The van der Waals surface area contributed by atoms with Gasteiger partial charge in [-0.3, -0.25) is 4.79 Å². The summed E-state index contributed by atoms with van der Waals surface area (Å²) in [5.74, 6) is 0.157. The summed E-state index contributed by atoms with van der Waals surface area (Å²) in [6.45, 7) is 5.58. The first kappa shape index (κ1) is 11.5. The minimum atomic E-state index is -0.483. The highest BCUT2D eigenvalue weighted by atomic mass is 16.5. The highest BCUT2D eigenvalue weighted by Crippen LogP contribution is 2.13. The van der Waals surface area contributed by atoms with Crippen molar-refractivity contribution in [2.45, 2.75) is 32.2 Å². The Balaban J connectivity index is 2.14. The third-order valence-corrected chi connectivity index (χ3v) is 2.10. The number of hydrogen-bond donors (Lipinski definition) is 1. The van der Waals surface area contributed by atoms with Gasteiger partial charge in [0.25, 0.3) is 0 Å². The number of carbonyl (C=O) groups is 1. The average molecular weight is 201 g/mol. The quantitative estimate of drug-likeness (QED) is 0.680. The molecule has 0 aromatic rings. The molecule has 0 amide bonds. The summed E-state index contributed by atoms with van der Waals surface area (Å²) in [6.07, 6.45) is 1.25. The van der Waals surface area contributed by atoms with Crippen LogP contribution in [0, 0.1) is 5.92 Å². The van der Waals surface area contributed by atoms with E-state index in [1.165, 1.54) is 0 Å². The van der Waals surface area contributed by atoms with Crippen LogP contribution in [0.1, 0.15) is 26.7 Å². The minimum Gasteiger partial charge on any atom is -0.465 e. The van der Waals surface area contributed by atoms with Crippen LogP contribution >= 0.6 is 0 Å². The normalized spacial score (nSPS) is 22.4. The molecule has 14 heavy (non-hydrogen) atoms. The lowest BCUT2D eigenvalue weighted by atomic mass is 10.0. The van der Waals surface area contributed by atoms with Gasteiger partial charge in [0.2, 0.25) is 0 Å². The smallest absolute Gasteiger partial charge is 0.307 e. The Morgan fingerprint density at radius 1 is 1.64 bits per heavy atom. The highest BCUT2D eigenvalue weighted by molar-refractivity contribution is 5.70. The summed E-state index contributed by atoms with van der Waals surface area (Å²) in [5, 5.41) is 0. The fraction of sp³-hybridized carbons (Fsp3) is 0.900. The summed E-state index contributed by atoms with van der Waals surface area (Å²) in [6, 6.07) is 0. The number of carbonyl (C=O) groups excluding carboxylic acids is 1. The van der Waals surface area contributed by atoms with Crippen LogP contribution in [0.3, 0.4) is 0 Å². The van der Waals surface area contributed by atoms with Gasteiger partial charge >= 0.3 is 5.97 Å². The predicted octanol–water partition coefficient (Wildman–Crippen LogP) is 0.693. The van der Waals surface area contributed by atoms with Crippen molar-refractivity contribution in [2.75, 3.05) is 19.8 Å².